The van der Waals surface area contributed by atoms with Crippen LogP contribution >= 0.6 is 0 Å². The topological polar surface area (TPSA) is 68.7 Å². The summed E-state index contributed by atoms with van der Waals surface area (Å²) < 4.78 is 0. The highest BCUT2D eigenvalue weighted by molar-refractivity contribution is 5.89. The van der Waals surface area contributed by atoms with Crippen molar-refractivity contribution in [1.82, 2.24) is 14.8 Å². The largest absolute Gasteiger partial charge is 0.395 e. The number of aromatic nitrogens is 1. The fourth-order valence-corrected chi connectivity index (χ4v) is 5.22. The van der Waals surface area contributed by atoms with Gasteiger partial charge in [-0.15, -0.1) is 0 Å². The van der Waals surface area contributed by atoms with Gasteiger partial charge in [-0.2, -0.15) is 0 Å². The van der Waals surface area contributed by atoms with Crippen LogP contribution in [-0.4, -0.2) is 64.2 Å². The summed E-state index contributed by atoms with van der Waals surface area (Å²) in [6.45, 7) is 2.41. The molecule has 5 rings (SSSR count). The SMILES string of the molecule is O=C(Nc1cccnc1)N1CCCCN2[C@H](CO)[C@H](c3ccc(C#Cc4ccccc4)cc3)[C@@H]2C1. The number of aliphatic hydroxyl groups is 1. The van der Waals surface area contributed by atoms with E-state index in [9.17, 15) is 9.90 Å². The molecule has 0 radical (unpaired) electrons. The van der Waals surface area contributed by atoms with Crippen molar-refractivity contribution in [2.24, 2.45) is 0 Å². The Labute approximate surface area is 206 Å². The number of carbonyl (C=O) groups excluding carboxylic acids is 1. The quantitative estimate of drug-likeness (QED) is 0.574. The van der Waals surface area contributed by atoms with Crippen molar-refractivity contribution in [1.29, 1.82) is 0 Å². The van der Waals surface area contributed by atoms with Crippen molar-refractivity contribution in [2.75, 3.05) is 31.6 Å². The summed E-state index contributed by atoms with van der Waals surface area (Å²) in [6, 6.07) is 22.1. The standard InChI is InChI=1S/C29H30N4O2/c34-21-27-28(24-14-12-23(13-15-24)11-10-22-7-2-1-3-8-22)26-20-32(17-4-5-18-33(26)27)29(35)31-25-9-6-16-30-19-25/h1-3,6-9,12-16,19,26-28,34H,4-5,17-18,20-21H2,(H,31,35)/t26-,27+,28+/m0/s1. The lowest BCUT2D eigenvalue weighted by Crippen LogP contribution is -2.68. The number of fused-ring (bicyclic) bond motifs is 1. The van der Waals surface area contributed by atoms with Crippen LogP contribution in [0.15, 0.2) is 79.1 Å². The van der Waals surface area contributed by atoms with Crippen LogP contribution in [0.4, 0.5) is 10.5 Å². The molecule has 3 atom stereocenters. The normalized spacial score (nSPS) is 22.0. The first-order chi connectivity index (χ1) is 17.2. The number of rotatable bonds is 3. The van der Waals surface area contributed by atoms with Gasteiger partial charge in [-0.25, -0.2) is 4.79 Å². The third kappa shape index (κ3) is 5.22. The highest BCUT2D eigenvalue weighted by Gasteiger charge is 2.49. The van der Waals surface area contributed by atoms with Gasteiger partial charge in [0, 0.05) is 48.4 Å². The molecule has 2 amide bonds. The molecule has 3 aromatic rings. The molecule has 3 heterocycles. The van der Waals surface area contributed by atoms with Gasteiger partial charge in [0.1, 0.15) is 0 Å². The minimum atomic E-state index is -0.0995. The Balaban J connectivity index is 1.32. The number of amides is 2. The number of anilines is 1. The fourth-order valence-electron chi connectivity index (χ4n) is 5.22. The van der Waals surface area contributed by atoms with Crippen LogP contribution in [0, 0.1) is 11.8 Å². The Morgan fingerprint density at radius 1 is 0.971 bits per heavy atom. The van der Waals surface area contributed by atoms with Crippen molar-refractivity contribution in [3.05, 3.63) is 95.8 Å². The van der Waals surface area contributed by atoms with E-state index < -0.39 is 0 Å². The molecule has 178 valence electrons. The summed E-state index contributed by atoms with van der Waals surface area (Å²) in [4.78, 5) is 21.4. The number of hydrogen-bond acceptors (Lipinski definition) is 4. The van der Waals surface area contributed by atoms with E-state index in [1.54, 1.807) is 12.4 Å². The highest BCUT2D eigenvalue weighted by Crippen LogP contribution is 2.42. The van der Waals surface area contributed by atoms with Crippen LogP contribution in [0.3, 0.4) is 0 Å². The van der Waals surface area contributed by atoms with Gasteiger partial charge < -0.3 is 15.3 Å². The first-order valence-electron chi connectivity index (χ1n) is 12.2. The molecule has 6 heteroatoms. The van der Waals surface area contributed by atoms with Gasteiger partial charge in [0.25, 0.3) is 0 Å². The molecule has 35 heavy (non-hydrogen) atoms. The Kier molecular flexibility index (Phi) is 7.08. The molecular weight excluding hydrogens is 436 g/mol. The molecule has 2 aromatic carbocycles. The van der Waals surface area contributed by atoms with Crippen LogP contribution in [0.5, 0.6) is 0 Å². The molecule has 0 spiro atoms. The van der Waals surface area contributed by atoms with E-state index in [4.69, 9.17) is 0 Å². The monoisotopic (exact) mass is 466 g/mol. The molecule has 1 aromatic heterocycles. The number of pyridine rings is 1. The van der Waals surface area contributed by atoms with E-state index in [-0.39, 0.29) is 30.6 Å². The Morgan fingerprint density at radius 3 is 2.43 bits per heavy atom. The molecule has 6 nitrogen and oxygen atoms in total. The van der Waals surface area contributed by atoms with E-state index in [2.05, 4.69) is 51.3 Å². The minimum Gasteiger partial charge on any atom is -0.395 e. The average Bonchev–Trinajstić information content (AvgIpc) is 2.88. The number of benzene rings is 2. The van der Waals surface area contributed by atoms with Crippen molar-refractivity contribution >= 4 is 11.7 Å². The van der Waals surface area contributed by atoms with Crippen LogP contribution in [0.1, 0.15) is 35.4 Å². The summed E-state index contributed by atoms with van der Waals surface area (Å²) in [5.74, 6) is 6.60. The van der Waals surface area contributed by atoms with E-state index in [1.807, 2.05) is 47.4 Å². The minimum absolute atomic E-state index is 0.0718. The Morgan fingerprint density at radius 2 is 1.71 bits per heavy atom. The molecule has 0 aliphatic carbocycles. The number of hydrogen-bond donors (Lipinski definition) is 2. The first-order valence-corrected chi connectivity index (χ1v) is 12.2. The number of urea groups is 1. The van der Waals surface area contributed by atoms with Gasteiger partial charge in [-0.3, -0.25) is 9.88 Å². The number of nitrogens with one attached hydrogen (secondary N) is 1. The molecule has 2 aliphatic rings. The summed E-state index contributed by atoms with van der Waals surface area (Å²) in [5.41, 5.74) is 3.83. The lowest BCUT2D eigenvalue weighted by atomic mass is 9.74. The predicted molar refractivity (Wildman–Crippen MR) is 137 cm³/mol. The summed E-state index contributed by atoms with van der Waals surface area (Å²) in [7, 11) is 0. The Hall–Kier alpha value is -3.66. The molecule has 0 unspecified atom stereocenters. The summed E-state index contributed by atoms with van der Waals surface area (Å²) in [5, 5.41) is 13.2. The number of nitrogens with zero attached hydrogens (tertiary/aromatic N) is 3. The van der Waals surface area contributed by atoms with Gasteiger partial charge in [-0.1, -0.05) is 42.2 Å². The van der Waals surface area contributed by atoms with Crippen molar-refractivity contribution in [2.45, 2.75) is 30.8 Å². The van der Waals surface area contributed by atoms with Gasteiger partial charge in [0.05, 0.1) is 18.5 Å². The molecule has 2 saturated heterocycles. The second-order valence-corrected chi connectivity index (χ2v) is 9.14. The smallest absolute Gasteiger partial charge is 0.321 e. The predicted octanol–water partition coefficient (Wildman–Crippen LogP) is 3.94. The van der Waals surface area contributed by atoms with Crippen molar-refractivity contribution in [3.63, 3.8) is 0 Å². The van der Waals surface area contributed by atoms with Crippen molar-refractivity contribution in [3.8, 4) is 11.8 Å². The van der Waals surface area contributed by atoms with Gasteiger partial charge in [0.2, 0.25) is 0 Å². The van der Waals surface area contributed by atoms with Gasteiger partial charge >= 0.3 is 6.03 Å². The molecule has 2 N–H and O–H groups in total. The van der Waals surface area contributed by atoms with Crippen LogP contribution in [0.2, 0.25) is 0 Å². The van der Waals surface area contributed by atoms with E-state index >= 15 is 0 Å². The highest BCUT2D eigenvalue weighted by atomic mass is 16.3. The second-order valence-electron chi connectivity index (χ2n) is 9.14. The third-order valence-electron chi connectivity index (χ3n) is 6.99. The number of carbonyl (C=O) groups is 1. The zero-order valence-corrected chi connectivity index (χ0v) is 19.7. The molecule has 0 saturated carbocycles. The average molecular weight is 467 g/mol. The molecule has 0 bridgehead atoms. The molecule has 2 aliphatic heterocycles. The van der Waals surface area contributed by atoms with Gasteiger partial charge in [0.15, 0.2) is 0 Å². The van der Waals surface area contributed by atoms with E-state index in [0.29, 0.717) is 12.2 Å². The summed E-state index contributed by atoms with van der Waals surface area (Å²) >= 11 is 0. The fraction of sp³-hybridized carbons (Fsp3) is 0.310. The molecule has 2 fully saturated rings. The maximum Gasteiger partial charge on any atom is 0.321 e. The number of aliphatic hydroxyl groups excluding tert-OH is 1. The van der Waals surface area contributed by atoms with Crippen molar-refractivity contribution < 1.29 is 9.90 Å². The van der Waals surface area contributed by atoms with Crippen LogP contribution in [0.25, 0.3) is 0 Å². The lowest BCUT2D eigenvalue weighted by Gasteiger charge is -2.57. The third-order valence-corrected chi connectivity index (χ3v) is 6.99. The first kappa shape index (κ1) is 23.1. The van der Waals surface area contributed by atoms with Gasteiger partial charge in [-0.05, 0) is 61.3 Å². The summed E-state index contributed by atoms with van der Waals surface area (Å²) in [6.07, 6.45) is 5.30. The maximum atomic E-state index is 13.0. The van der Waals surface area contributed by atoms with E-state index in [0.717, 1.165) is 37.1 Å². The maximum absolute atomic E-state index is 13.0. The van der Waals surface area contributed by atoms with E-state index in [1.165, 1.54) is 5.56 Å². The molecular formula is C29H30N4O2. The zero-order chi connectivity index (χ0) is 24.0. The second kappa shape index (κ2) is 10.7. The zero-order valence-electron chi connectivity index (χ0n) is 19.7. The Bertz CT molecular complexity index is 1190. The van der Waals surface area contributed by atoms with Crippen LogP contribution < -0.4 is 5.32 Å². The lowest BCUT2D eigenvalue weighted by molar-refractivity contribution is -0.0585. The van der Waals surface area contributed by atoms with Crippen LogP contribution in [-0.2, 0) is 0 Å².